The van der Waals surface area contributed by atoms with E-state index >= 15 is 0 Å². The van der Waals surface area contributed by atoms with Gasteiger partial charge in [-0.2, -0.15) is 0 Å². The number of benzene rings is 1. The number of rotatable bonds is 3. The van der Waals surface area contributed by atoms with Crippen LogP contribution in [0.25, 0.3) is 0 Å². The summed E-state index contributed by atoms with van der Waals surface area (Å²) in [7, 11) is 0. The number of urea groups is 1. The molecule has 0 radical (unpaired) electrons. The number of anilines is 1. The fraction of sp³-hybridized carbons (Fsp3) is 0.333. The number of nitrogens with two attached hydrogens (primary N) is 1. The highest BCUT2D eigenvalue weighted by atomic mass is 35.5. The largest absolute Gasteiger partial charge is 0.492 e. The SMILES string of the molecule is CCOc1ccccc1NC(=O)N1CCN=C1N.Cl. The van der Waals surface area contributed by atoms with Crippen LogP contribution in [0.3, 0.4) is 0 Å². The van der Waals surface area contributed by atoms with Gasteiger partial charge >= 0.3 is 6.03 Å². The van der Waals surface area contributed by atoms with Crippen molar-refractivity contribution in [2.45, 2.75) is 6.92 Å². The van der Waals surface area contributed by atoms with Crippen LogP contribution >= 0.6 is 12.4 Å². The zero-order valence-corrected chi connectivity index (χ0v) is 11.4. The number of hydrogen-bond donors (Lipinski definition) is 2. The Kier molecular flexibility index (Phi) is 5.44. The summed E-state index contributed by atoms with van der Waals surface area (Å²) >= 11 is 0. The first-order valence-electron chi connectivity index (χ1n) is 5.82. The molecule has 3 N–H and O–H groups in total. The Labute approximate surface area is 118 Å². The van der Waals surface area contributed by atoms with Gasteiger partial charge < -0.3 is 15.8 Å². The third kappa shape index (κ3) is 3.51. The van der Waals surface area contributed by atoms with Gasteiger partial charge in [0, 0.05) is 0 Å². The lowest BCUT2D eigenvalue weighted by Gasteiger charge is -2.17. The Morgan fingerprint density at radius 1 is 1.53 bits per heavy atom. The molecule has 0 saturated heterocycles. The molecule has 0 fully saturated rings. The maximum atomic E-state index is 12.0. The van der Waals surface area contributed by atoms with Gasteiger partial charge in [0.2, 0.25) is 0 Å². The van der Waals surface area contributed by atoms with Crippen molar-refractivity contribution >= 4 is 30.1 Å². The second-order valence-electron chi connectivity index (χ2n) is 3.75. The number of amides is 2. The lowest BCUT2D eigenvalue weighted by molar-refractivity contribution is 0.236. The van der Waals surface area contributed by atoms with Crippen molar-refractivity contribution in [1.29, 1.82) is 0 Å². The van der Waals surface area contributed by atoms with Crippen LogP contribution in [0.15, 0.2) is 29.3 Å². The summed E-state index contributed by atoms with van der Waals surface area (Å²) in [6.07, 6.45) is 0. The predicted molar refractivity (Wildman–Crippen MR) is 77.1 cm³/mol. The molecule has 1 aliphatic rings. The smallest absolute Gasteiger partial charge is 0.328 e. The standard InChI is InChI=1S/C12H16N4O2.ClH/c1-2-18-10-6-4-3-5-9(10)15-12(17)16-8-7-14-11(16)13;/h3-6H,2,7-8H2,1H3,(H2,13,14)(H,15,17);1H. The fourth-order valence-electron chi connectivity index (χ4n) is 1.70. The highest BCUT2D eigenvalue weighted by Crippen LogP contribution is 2.24. The van der Waals surface area contributed by atoms with Gasteiger partial charge in [0.05, 0.1) is 25.4 Å². The van der Waals surface area contributed by atoms with Gasteiger partial charge in [-0.3, -0.25) is 9.89 Å². The maximum absolute atomic E-state index is 12.0. The maximum Gasteiger partial charge on any atom is 0.328 e. The van der Waals surface area contributed by atoms with Gasteiger partial charge in [-0.25, -0.2) is 4.79 Å². The first kappa shape index (κ1) is 15.1. The number of para-hydroxylation sites is 2. The van der Waals surface area contributed by atoms with E-state index < -0.39 is 0 Å². The van der Waals surface area contributed by atoms with Crippen LogP contribution in [0.2, 0.25) is 0 Å². The molecule has 0 saturated carbocycles. The minimum absolute atomic E-state index is 0. The van der Waals surface area contributed by atoms with Gasteiger partial charge in [-0.15, -0.1) is 12.4 Å². The number of carbonyl (C=O) groups excluding carboxylic acids is 1. The number of guanidine groups is 1. The Hall–Kier alpha value is -1.95. The van der Waals surface area contributed by atoms with Gasteiger partial charge in [-0.05, 0) is 19.1 Å². The van der Waals surface area contributed by atoms with Crippen LogP contribution < -0.4 is 15.8 Å². The number of ether oxygens (including phenoxy) is 1. The number of nitrogens with zero attached hydrogens (tertiary/aromatic N) is 2. The van der Waals surface area contributed by atoms with Crippen LogP contribution in [-0.2, 0) is 0 Å². The average Bonchev–Trinajstić information content (AvgIpc) is 2.78. The molecule has 0 bridgehead atoms. The summed E-state index contributed by atoms with van der Waals surface area (Å²) in [5.74, 6) is 0.893. The van der Waals surface area contributed by atoms with Crippen LogP contribution in [-0.4, -0.2) is 36.6 Å². The van der Waals surface area contributed by atoms with Crippen LogP contribution in [0, 0.1) is 0 Å². The molecule has 6 nitrogen and oxygen atoms in total. The Morgan fingerprint density at radius 3 is 2.89 bits per heavy atom. The molecule has 0 unspecified atom stereocenters. The molecule has 104 valence electrons. The van der Waals surface area contributed by atoms with Crippen molar-refractivity contribution in [2.24, 2.45) is 10.7 Å². The summed E-state index contributed by atoms with van der Waals surface area (Å²) in [5, 5.41) is 2.77. The molecule has 7 heteroatoms. The van der Waals surface area contributed by atoms with Crippen LogP contribution in [0.4, 0.5) is 10.5 Å². The zero-order valence-electron chi connectivity index (χ0n) is 10.6. The second kappa shape index (κ2) is 6.84. The molecule has 1 aromatic rings. The summed E-state index contributed by atoms with van der Waals surface area (Å²) < 4.78 is 5.43. The molecule has 0 aromatic heterocycles. The minimum Gasteiger partial charge on any atom is -0.492 e. The van der Waals surface area contributed by atoms with Crippen LogP contribution in [0.5, 0.6) is 5.75 Å². The lowest BCUT2D eigenvalue weighted by atomic mass is 10.3. The molecular formula is C12H17ClN4O2. The Balaban J connectivity index is 0.00000180. The molecule has 2 rings (SSSR count). The number of aliphatic imine (C=N–C) groups is 1. The first-order valence-corrected chi connectivity index (χ1v) is 5.82. The average molecular weight is 285 g/mol. The molecule has 1 heterocycles. The van der Waals surface area contributed by atoms with E-state index in [1.807, 2.05) is 19.1 Å². The van der Waals surface area contributed by atoms with Crippen molar-refractivity contribution in [3.63, 3.8) is 0 Å². The number of nitrogens with one attached hydrogen (secondary N) is 1. The summed E-state index contributed by atoms with van der Waals surface area (Å²) in [6, 6.07) is 6.99. The lowest BCUT2D eigenvalue weighted by Crippen LogP contribution is -2.41. The molecule has 1 aromatic carbocycles. The van der Waals surface area contributed by atoms with Gasteiger partial charge in [-0.1, -0.05) is 12.1 Å². The quantitative estimate of drug-likeness (QED) is 0.886. The highest BCUT2D eigenvalue weighted by molar-refractivity contribution is 6.03. The summed E-state index contributed by atoms with van der Waals surface area (Å²) in [4.78, 5) is 17.4. The molecular weight excluding hydrogens is 268 g/mol. The number of carbonyl (C=O) groups is 1. The second-order valence-corrected chi connectivity index (χ2v) is 3.75. The van der Waals surface area contributed by atoms with Gasteiger partial charge in [0.25, 0.3) is 0 Å². The van der Waals surface area contributed by atoms with Gasteiger partial charge in [0.15, 0.2) is 5.96 Å². The normalized spacial score (nSPS) is 13.5. The van der Waals surface area contributed by atoms with Crippen molar-refractivity contribution in [1.82, 2.24) is 4.90 Å². The predicted octanol–water partition coefficient (Wildman–Crippen LogP) is 1.67. The minimum atomic E-state index is -0.291. The van der Waals surface area contributed by atoms with E-state index in [-0.39, 0.29) is 24.4 Å². The van der Waals surface area contributed by atoms with E-state index in [2.05, 4.69) is 10.3 Å². The molecule has 2 amide bonds. The molecule has 0 atom stereocenters. The molecule has 0 aliphatic carbocycles. The van der Waals surface area contributed by atoms with E-state index in [1.54, 1.807) is 12.1 Å². The van der Waals surface area contributed by atoms with E-state index in [9.17, 15) is 4.79 Å². The molecule has 19 heavy (non-hydrogen) atoms. The first-order chi connectivity index (χ1) is 8.72. The van der Waals surface area contributed by atoms with E-state index in [4.69, 9.17) is 10.5 Å². The van der Waals surface area contributed by atoms with Crippen molar-refractivity contribution in [3.05, 3.63) is 24.3 Å². The van der Waals surface area contributed by atoms with E-state index in [0.717, 1.165) is 0 Å². The van der Waals surface area contributed by atoms with Gasteiger partial charge in [0.1, 0.15) is 5.75 Å². The summed E-state index contributed by atoms with van der Waals surface area (Å²) in [5.41, 5.74) is 6.24. The zero-order chi connectivity index (χ0) is 13.0. The van der Waals surface area contributed by atoms with E-state index in [1.165, 1.54) is 4.90 Å². The number of halogens is 1. The third-order valence-corrected chi connectivity index (χ3v) is 2.55. The fourth-order valence-corrected chi connectivity index (χ4v) is 1.70. The van der Waals surface area contributed by atoms with Crippen molar-refractivity contribution in [3.8, 4) is 5.75 Å². The molecule has 1 aliphatic heterocycles. The Morgan fingerprint density at radius 2 is 2.26 bits per heavy atom. The summed E-state index contributed by atoms with van der Waals surface area (Å²) in [6.45, 7) is 3.49. The monoisotopic (exact) mass is 284 g/mol. The number of hydrogen-bond acceptors (Lipinski definition) is 4. The van der Waals surface area contributed by atoms with E-state index in [0.29, 0.717) is 31.1 Å². The highest BCUT2D eigenvalue weighted by Gasteiger charge is 2.21. The Bertz CT molecular complexity index is 479. The van der Waals surface area contributed by atoms with Crippen molar-refractivity contribution in [2.75, 3.05) is 25.0 Å². The molecule has 0 spiro atoms. The van der Waals surface area contributed by atoms with Crippen LogP contribution in [0.1, 0.15) is 6.92 Å². The third-order valence-electron chi connectivity index (χ3n) is 2.55. The van der Waals surface area contributed by atoms with Crippen molar-refractivity contribution < 1.29 is 9.53 Å². The topological polar surface area (TPSA) is 80.0 Å².